The number of piperidine rings is 1. The number of carbonyl (C=O) groups excluding carboxylic acids is 1. The third kappa shape index (κ3) is 2.71. The number of pyridine rings is 1. The molecular formula is C20H19N3O4S. The number of nitrogens with zero attached hydrogens (tertiary/aromatic N) is 3. The monoisotopic (exact) mass is 397 g/mol. The highest BCUT2D eigenvalue weighted by molar-refractivity contribution is 7.14. The van der Waals surface area contributed by atoms with Gasteiger partial charge in [-0.2, -0.15) is 0 Å². The number of hydrogen-bond donors (Lipinski definition) is 1. The second-order valence-corrected chi connectivity index (χ2v) is 8.38. The van der Waals surface area contributed by atoms with Crippen LogP contribution in [0, 0.1) is 0 Å². The molecule has 1 spiro atoms. The number of aromatic carboxylic acids is 1. The number of thiophene rings is 1. The molecule has 5 heterocycles. The zero-order valence-electron chi connectivity index (χ0n) is 15.1. The van der Waals surface area contributed by atoms with Crippen molar-refractivity contribution in [1.29, 1.82) is 0 Å². The van der Waals surface area contributed by atoms with E-state index in [9.17, 15) is 14.7 Å². The lowest BCUT2D eigenvalue weighted by atomic mass is 9.82. The van der Waals surface area contributed by atoms with Crippen LogP contribution in [0.25, 0.3) is 5.65 Å². The van der Waals surface area contributed by atoms with E-state index < -0.39 is 11.6 Å². The molecular weight excluding hydrogens is 378 g/mol. The summed E-state index contributed by atoms with van der Waals surface area (Å²) >= 11 is 1.35. The minimum absolute atomic E-state index is 0.00183. The largest absolute Gasteiger partial charge is 0.477 e. The summed E-state index contributed by atoms with van der Waals surface area (Å²) in [4.78, 5) is 31.8. The van der Waals surface area contributed by atoms with Gasteiger partial charge in [0, 0.05) is 43.0 Å². The first kappa shape index (κ1) is 17.4. The Labute approximate surface area is 165 Å². The lowest BCUT2D eigenvalue weighted by Gasteiger charge is -2.44. The zero-order valence-corrected chi connectivity index (χ0v) is 15.9. The van der Waals surface area contributed by atoms with Crippen molar-refractivity contribution in [2.75, 3.05) is 19.7 Å². The molecule has 0 unspecified atom stereocenters. The molecule has 0 saturated carbocycles. The van der Waals surface area contributed by atoms with Gasteiger partial charge in [0.1, 0.15) is 10.5 Å². The Bertz CT molecular complexity index is 1080. The summed E-state index contributed by atoms with van der Waals surface area (Å²) < 4.78 is 8.01. The quantitative estimate of drug-likeness (QED) is 0.719. The van der Waals surface area contributed by atoms with Crippen LogP contribution in [0.15, 0.2) is 36.8 Å². The molecule has 0 aliphatic carbocycles. The highest BCUT2D eigenvalue weighted by Gasteiger charge is 2.43. The fourth-order valence-corrected chi connectivity index (χ4v) is 5.31. The van der Waals surface area contributed by atoms with Crippen molar-refractivity contribution in [1.82, 2.24) is 14.3 Å². The number of likely N-dealkylation sites (tertiary alicyclic amines) is 1. The molecule has 7 nitrogen and oxygen atoms in total. The molecule has 28 heavy (non-hydrogen) atoms. The van der Waals surface area contributed by atoms with Gasteiger partial charge < -0.3 is 19.1 Å². The molecule has 2 aliphatic heterocycles. The average molecular weight is 397 g/mol. The van der Waals surface area contributed by atoms with Gasteiger partial charge in [-0.05, 0) is 36.6 Å². The van der Waals surface area contributed by atoms with Crippen LogP contribution >= 0.6 is 11.3 Å². The predicted molar refractivity (Wildman–Crippen MR) is 103 cm³/mol. The summed E-state index contributed by atoms with van der Waals surface area (Å²) in [6.45, 7) is 1.76. The predicted octanol–water partition coefficient (Wildman–Crippen LogP) is 2.80. The van der Waals surface area contributed by atoms with Crippen molar-refractivity contribution in [3.8, 4) is 0 Å². The number of imidazole rings is 1. The molecule has 0 radical (unpaired) electrons. The van der Waals surface area contributed by atoms with Crippen LogP contribution < -0.4 is 0 Å². The molecule has 144 valence electrons. The molecule has 2 aliphatic rings. The van der Waals surface area contributed by atoms with Crippen molar-refractivity contribution >= 4 is 28.9 Å². The Morgan fingerprint density at radius 2 is 2.07 bits per heavy atom. The van der Waals surface area contributed by atoms with E-state index in [1.54, 1.807) is 12.3 Å². The number of rotatable bonds is 2. The van der Waals surface area contributed by atoms with Crippen LogP contribution in [0.2, 0.25) is 0 Å². The molecule has 0 aromatic carbocycles. The van der Waals surface area contributed by atoms with Crippen LogP contribution in [0.5, 0.6) is 0 Å². The summed E-state index contributed by atoms with van der Waals surface area (Å²) in [6, 6.07) is 5.42. The van der Waals surface area contributed by atoms with Crippen LogP contribution in [0.3, 0.4) is 0 Å². The lowest BCUT2D eigenvalue weighted by Crippen LogP contribution is -2.48. The van der Waals surface area contributed by atoms with Gasteiger partial charge in [0.25, 0.3) is 5.91 Å². The molecule has 1 amide bonds. The van der Waals surface area contributed by atoms with E-state index in [4.69, 9.17) is 4.74 Å². The number of carboxylic acids is 1. The smallest absolute Gasteiger partial charge is 0.345 e. The molecule has 0 atom stereocenters. The maximum atomic E-state index is 13.0. The van der Waals surface area contributed by atoms with E-state index in [-0.39, 0.29) is 5.91 Å². The van der Waals surface area contributed by atoms with Gasteiger partial charge in [0.05, 0.1) is 17.8 Å². The van der Waals surface area contributed by atoms with Gasteiger partial charge in [-0.1, -0.05) is 0 Å². The molecule has 0 bridgehead atoms. The fraction of sp³-hybridized carbons (Fsp3) is 0.350. The second-order valence-electron chi connectivity index (χ2n) is 7.25. The molecule has 1 fully saturated rings. The minimum Gasteiger partial charge on any atom is -0.477 e. The van der Waals surface area contributed by atoms with Gasteiger partial charge >= 0.3 is 5.97 Å². The highest BCUT2D eigenvalue weighted by Crippen LogP contribution is 2.44. The zero-order chi connectivity index (χ0) is 19.3. The first-order valence-corrected chi connectivity index (χ1v) is 10.1. The highest BCUT2D eigenvalue weighted by atomic mass is 32.1. The summed E-state index contributed by atoms with van der Waals surface area (Å²) in [7, 11) is 0. The third-order valence-corrected chi connectivity index (χ3v) is 6.89. The van der Waals surface area contributed by atoms with Crippen molar-refractivity contribution < 1.29 is 19.4 Å². The van der Waals surface area contributed by atoms with E-state index in [0.29, 0.717) is 43.0 Å². The Balaban J connectivity index is 1.36. The standard InChI is InChI=1S/C20H19N3O4S/c24-18(13-1-2-17-21-6-9-23(17)12-13)22-7-4-20(5-8-22)14-11-16(19(25)26)28-15(14)3-10-27-20/h1-2,6,9,11-12H,3-5,7-8,10H2,(H,25,26). The van der Waals surface area contributed by atoms with Gasteiger partial charge in [-0.3, -0.25) is 4.79 Å². The maximum absolute atomic E-state index is 13.0. The molecule has 3 aromatic heterocycles. The SMILES string of the molecule is O=C(O)c1cc2c(s1)CCOC21CCN(C(=O)c2ccc3nccn3c2)CC1. The summed E-state index contributed by atoms with van der Waals surface area (Å²) in [5, 5.41) is 9.33. The fourth-order valence-electron chi connectivity index (χ4n) is 4.24. The van der Waals surface area contributed by atoms with Crippen molar-refractivity contribution in [3.05, 3.63) is 57.7 Å². The first-order chi connectivity index (χ1) is 13.6. The van der Waals surface area contributed by atoms with Crippen LogP contribution in [0.1, 0.15) is 43.3 Å². The van der Waals surface area contributed by atoms with E-state index in [0.717, 1.165) is 22.5 Å². The number of amides is 1. The molecule has 1 N–H and O–H groups in total. The van der Waals surface area contributed by atoms with Crippen molar-refractivity contribution in [2.45, 2.75) is 24.9 Å². The van der Waals surface area contributed by atoms with Crippen molar-refractivity contribution in [3.63, 3.8) is 0 Å². The molecule has 3 aromatic rings. The second kappa shape index (κ2) is 6.42. The maximum Gasteiger partial charge on any atom is 0.345 e. The molecule has 8 heteroatoms. The van der Waals surface area contributed by atoms with Crippen molar-refractivity contribution in [2.24, 2.45) is 0 Å². The van der Waals surface area contributed by atoms with E-state index in [1.165, 1.54) is 11.3 Å². The Hall–Kier alpha value is -2.71. The van der Waals surface area contributed by atoms with E-state index in [2.05, 4.69) is 4.98 Å². The average Bonchev–Trinajstić information content (AvgIpc) is 3.35. The van der Waals surface area contributed by atoms with E-state index >= 15 is 0 Å². The Morgan fingerprint density at radius 3 is 2.86 bits per heavy atom. The summed E-state index contributed by atoms with van der Waals surface area (Å²) in [5.74, 6) is -0.893. The summed E-state index contributed by atoms with van der Waals surface area (Å²) in [6.07, 6.45) is 7.44. The minimum atomic E-state index is -0.892. The first-order valence-electron chi connectivity index (χ1n) is 9.28. The lowest BCUT2D eigenvalue weighted by molar-refractivity contribution is -0.0926. The van der Waals surface area contributed by atoms with Gasteiger partial charge in [-0.15, -0.1) is 11.3 Å². The molecule has 5 rings (SSSR count). The number of ether oxygens (including phenoxy) is 1. The number of carboxylic acid groups (broad SMARTS) is 1. The van der Waals surface area contributed by atoms with Crippen LogP contribution in [-0.4, -0.2) is 51.0 Å². The van der Waals surface area contributed by atoms with Crippen LogP contribution in [0.4, 0.5) is 0 Å². The van der Waals surface area contributed by atoms with Gasteiger partial charge in [0.2, 0.25) is 0 Å². The Morgan fingerprint density at radius 1 is 1.25 bits per heavy atom. The number of aromatic nitrogens is 2. The third-order valence-electron chi connectivity index (χ3n) is 5.71. The van der Waals surface area contributed by atoms with Crippen LogP contribution in [-0.2, 0) is 16.8 Å². The molecule has 1 saturated heterocycles. The summed E-state index contributed by atoms with van der Waals surface area (Å²) in [5.41, 5.74) is 1.98. The number of carbonyl (C=O) groups is 2. The van der Waals surface area contributed by atoms with Gasteiger partial charge in [-0.25, -0.2) is 9.78 Å². The number of fused-ring (bicyclic) bond motifs is 3. The Kier molecular flexibility index (Phi) is 3.99. The number of hydrogen-bond acceptors (Lipinski definition) is 5. The van der Waals surface area contributed by atoms with E-state index in [1.807, 2.05) is 33.8 Å². The van der Waals surface area contributed by atoms with Gasteiger partial charge in [0.15, 0.2) is 0 Å². The normalized spacial score (nSPS) is 18.4. The topological polar surface area (TPSA) is 84.1 Å².